The second-order valence-electron chi connectivity index (χ2n) is 4.01. The predicted octanol–water partition coefficient (Wildman–Crippen LogP) is 2.31. The molecule has 2 nitrogen and oxygen atoms in total. The topological polar surface area (TPSA) is 29.1 Å². The molecule has 1 fully saturated rings. The highest BCUT2D eigenvalue weighted by molar-refractivity contribution is 6.27. The molecule has 1 aliphatic carbocycles. The maximum Gasteiger partial charge on any atom is 0.235 e. The monoisotopic (exact) mass is 203 g/mol. The molecule has 0 heterocycles. The highest BCUT2D eigenvalue weighted by Crippen LogP contribution is 2.22. The van der Waals surface area contributed by atoms with Crippen LogP contribution in [0.15, 0.2) is 0 Å². The van der Waals surface area contributed by atoms with Crippen LogP contribution in [0.4, 0.5) is 0 Å². The quantitative estimate of drug-likeness (QED) is 0.542. The number of halogens is 1. The molecule has 1 rings (SSSR count). The van der Waals surface area contributed by atoms with Crippen molar-refractivity contribution in [1.29, 1.82) is 0 Å². The summed E-state index contributed by atoms with van der Waals surface area (Å²) in [7, 11) is 0. The predicted molar refractivity (Wildman–Crippen MR) is 54.9 cm³/mol. The first-order valence-electron chi connectivity index (χ1n) is 5.07. The molecule has 0 bridgehead atoms. The fourth-order valence-electron chi connectivity index (χ4n) is 1.90. The molecule has 3 heteroatoms. The number of amides is 1. The highest BCUT2D eigenvalue weighted by Gasteiger charge is 2.17. The van der Waals surface area contributed by atoms with Crippen molar-refractivity contribution in [1.82, 2.24) is 5.32 Å². The molecule has 0 saturated heterocycles. The second-order valence-corrected chi connectivity index (χ2v) is 4.28. The van der Waals surface area contributed by atoms with Crippen LogP contribution >= 0.6 is 11.6 Å². The number of hydrogen-bond acceptors (Lipinski definition) is 1. The van der Waals surface area contributed by atoms with E-state index in [0.29, 0.717) is 6.04 Å². The fourth-order valence-corrected chi connectivity index (χ4v) is 1.97. The molecule has 0 aromatic rings. The molecule has 0 spiro atoms. The SMILES string of the molecule is CC1CCCC(NC(=O)CCl)CC1. The lowest BCUT2D eigenvalue weighted by atomic mass is 10.0. The lowest BCUT2D eigenvalue weighted by molar-refractivity contribution is -0.119. The standard InChI is InChI=1S/C10H18ClNO/c1-8-3-2-4-9(6-5-8)12-10(13)7-11/h8-9H,2-7H2,1H3,(H,12,13). The lowest BCUT2D eigenvalue weighted by Crippen LogP contribution is -2.35. The van der Waals surface area contributed by atoms with E-state index in [2.05, 4.69) is 12.2 Å². The van der Waals surface area contributed by atoms with Gasteiger partial charge in [0.15, 0.2) is 0 Å². The van der Waals surface area contributed by atoms with Crippen LogP contribution in [-0.4, -0.2) is 17.8 Å². The van der Waals surface area contributed by atoms with Crippen molar-refractivity contribution in [3.8, 4) is 0 Å². The van der Waals surface area contributed by atoms with Crippen LogP contribution in [0.5, 0.6) is 0 Å². The minimum Gasteiger partial charge on any atom is -0.352 e. The van der Waals surface area contributed by atoms with Gasteiger partial charge in [-0.15, -0.1) is 11.6 Å². The summed E-state index contributed by atoms with van der Waals surface area (Å²) < 4.78 is 0. The van der Waals surface area contributed by atoms with Crippen molar-refractivity contribution in [2.24, 2.45) is 5.92 Å². The Bertz CT molecular complexity index is 172. The minimum absolute atomic E-state index is 0.0266. The molecule has 0 aromatic heterocycles. The zero-order valence-electron chi connectivity index (χ0n) is 8.18. The Morgan fingerprint density at radius 2 is 2.15 bits per heavy atom. The summed E-state index contributed by atoms with van der Waals surface area (Å²) in [6.07, 6.45) is 5.99. The van der Waals surface area contributed by atoms with Gasteiger partial charge in [-0.1, -0.05) is 19.8 Å². The van der Waals surface area contributed by atoms with Crippen LogP contribution in [0.2, 0.25) is 0 Å². The van der Waals surface area contributed by atoms with Crippen LogP contribution in [-0.2, 0) is 4.79 Å². The molecule has 1 saturated carbocycles. The Balaban J connectivity index is 2.29. The molecule has 0 aromatic carbocycles. The Morgan fingerprint density at radius 3 is 2.85 bits per heavy atom. The smallest absolute Gasteiger partial charge is 0.235 e. The van der Waals surface area contributed by atoms with Crippen molar-refractivity contribution in [2.45, 2.75) is 45.1 Å². The van der Waals surface area contributed by atoms with Crippen LogP contribution in [0.1, 0.15) is 39.0 Å². The van der Waals surface area contributed by atoms with Crippen LogP contribution in [0.3, 0.4) is 0 Å². The van der Waals surface area contributed by atoms with Gasteiger partial charge in [-0.3, -0.25) is 4.79 Å². The average Bonchev–Trinajstić information content (AvgIpc) is 2.31. The van der Waals surface area contributed by atoms with E-state index in [4.69, 9.17) is 11.6 Å². The zero-order valence-corrected chi connectivity index (χ0v) is 8.94. The Labute approximate surface area is 85.0 Å². The van der Waals surface area contributed by atoms with Crippen LogP contribution in [0.25, 0.3) is 0 Å². The van der Waals surface area contributed by atoms with Gasteiger partial charge < -0.3 is 5.32 Å². The Hall–Kier alpha value is -0.240. The van der Waals surface area contributed by atoms with Gasteiger partial charge in [0.1, 0.15) is 5.88 Å². The molecule has 1 N–H and O–H groups in total. The van der Waals surface area contributed by atoms with E-state index in [1.165, 1.54) is 19.3 Å². The number of nitrogens with one attached hydrogen (secondary N) is 1. The number of hydrogen-bond donors (Lipinski definition) is 1. The first-order valence-corrected chi connectivity index (χ1v) is 5.61. The first-order chi connectivity index (χ1) is 6.22. The van der Waals surface area contributed by atoms with Crippen molar-refractivity contribution in [2.75, 3.05) is 5.88 Å². The van der Waals surface area contributed by atoms with Crippen LogP contribution < -0.4 is 5.32 Å². The van der Waals surface area contributed by atoms with Crippen molar-refractivity contribution >= 4 is 17.5 Å². The Morgan fingerprint density at radius 1 is 1.38 bits per heavy atom. The molecule has 2 unspecified atom stereocenters. The van der Waals surface area contributed by atoms with Gasteiger partial charge in [0.05, 0.1) is 0 Å². The minimum atomic E-state index is -0.0266. The van der Waals surface area contributed by atoms with E-state index in [9.17, 15) is 4.79 Å². The highest BCUT2D eigenvalue weighted by atomic mass is 35.5. The van der Waals surface area contributed by atoms with E-state index in [0.717, 1.165) is 18.8 Å². The fraction of sp³-hybridized carbons (Fsp3) is 0.900. The second kappa shape index (κ2) is 5.48. The third kappa shape index (κ3) is 3.99. The third-order valence-corrected chi connectivity index (χ3v) is 2.99. The summed E-state index contributed by atoms with van der Waals surface area (Å²) in [4.78, 5) is 11.0. The summed E-state index contributed by atoms with van der Waals surface area (Å²) in [5.74, 6) is 0.880. The number of carbonyl (C=O) groups is 1. The van der Waals surface area contributed by atoms with Gasteiger partial charge in [-0.05, 0) is 25.2 Å². The molecule has 1 amide bonds. The summed E-state index contributed by atoms with van der Waals surface area (Å²) >= 11 is 5.43. The maximum absolute atomic E-state index is 11.0. The maximum atomic E-state index is 11.0. The largest absolute Gasteiger partial charge is 0.352 e. The zero-order chi connectivity index (χ0) is 9.68. The van der Waals surface area contributed by atoms with Crippen molar-refractivity contribution in [3.63, 3.8) is 0 Å². The average molecular weight is 204 g/mol. The normalized spacial score (nSPS) is 29.4. The van der Waals surface area contributed by atoms with Crippen molar-refractivity contribution in [3.05, 3.63) is 0 Å². The molecular formula is C10H18ClNO. The van der Waals surface area contributed by atoms with Gasteiger partial charge in [0, 0.05) is 6.04 Å². The van der Waals surface area contributed by atoms with E-state index < -0.39 is 0 Å². The van der Waals surface area contributed by atoms with E-state index in [1.54, 1.807) is 0 Å². The molecular weight excluding hydrogens is 186 g/mol. The summed E-state index contributed by atoms with van der Waals surface area (Å²) in [6.45, 7) is 2.28. The van der Waals surface area contributed by atoms with E-state index in [1.807, 2.05) is 0 Å². The summed E-state index contributed by atoms with van der Waals surface area (Å²) in [5, 5.41) is 2.96. The van der Waals surface area contributed by atoms with E-state index >= 15 is 0 Å². The van der Waals surface area contributed by atoms with Gasteiger partial charge >= 0.3 is 0 Å². The Kier molecular flexibility index (Phi) is 4.57. The molecule has 76 valence electrons. The lowest BCUT2D eigenvalue weighted by Gasteiger charge is -2.15. The third-order valence-electron chi connectivity index (χ3n) is 2.74. The molecule has 13 heavy (non-hydrogen) atoms. The number of carbonyl (C=O) groups excluding carboxylic acids is 1. The van der Waals surface area contributed by atoms with E-state index in [-0.39, 0.29) is 11.8 Å². The summed E-state index contributed by atoms with van der Waals surface area (Å²) in [6, 6.07) is 0.371. The van der Waals surface area contributed by atoms with Crippen LogP contribution in [0, 0.1) is 5.92 Å². The number of alkyl halides is 1. The van der Waals surface area contributed by atoms with Gasteiger partial charge in [0.2, 0.25) is 5.91 Å². The molecule has 0 aliphatic heterocycles. The molecule has 0 radical (unpaired) electrons. The summed E-state index contributed by atoms with van der Waals surface area (Å²) in [5.41, 5.74) is 0. The van der Waals surface area contributed by atoms with Crippen molar-refractivity contribution < 1.29 is 4.79 Å². The number of rotatable bonds is 2. The van der Waals surface area contributed by atoms with Gasteiger partial charge in [0.25, 0.3) is 0 Å². The molecule has 2 atom stereocenters. The van der Waals surface area contributed by atoms with Gasteiger partial charge in [-0.25, -0.2) is 0 Å². The molecule has 1 aliphatic rings. The first kappa shape index (κ1) is 10.8. The van der Waals surface area contributed by atoms with Gasteiger partial charge in [-0.2, -0.15) is 0 Å².